The van der Waals surface area contributed by atoms with E-state index < -0.39 is 0 Å². The maximum Gasteiger partial charge on any atom is 0.226 e. The van der Waals surface area contributed by atoms with E-state index in [1.165, 1.54) is 0 Å². The molecule has 1 amide bonds. The van der Waals surface area contributed by atoms with E-state index in [2.05, 4.69) is 10.4 Å². The van der Waals surface area contributed by atoms with Gasteiger partial charge >= 0.3 is 0 Å². The molecule has 2 rings (SSSR count). The summed E-state index contributed by atoms with van der Waals surface area (Å²) < 4.78 is 12.2. The summed E-state index contributed by atoms with van der Waals surface area (Å²) in [5.41, 5.74) is 2.59. The first-order valence-electron chi connectivity index (χ1n) is 7.06. The quantitative estimate of drug-likeness (QED) is 0.890. The molecule has 0 radical (unpaired) electrons. The molecule has 0 bridgehead atoms. The number of nitrogens with zero attached hydrogens (tertiary/aromatic N) is 2. The Bertz CT molecular complexity index is 665. The number of amides is 1. The van der Waals surface area contributed by atoms with Gasteiger partial charge in [-0.05, 0) is 32.0 Å². The number of benzene rings is 1. The topological polar surface area (TPSA) is 65.4 Å². The van der Waals surface area contributed by atoms with E-state index in [0.717, 1.165) is 11.4 Å². The number of rotatable bonds is 6. The van der Waals surface area contributed by atoms with Crippen LogP contribution < -0.4 is 14.8 Å². The first kappa shape index (κ1) is 15.9. The molecular weight excluding hydrogens is 282 g/mol. The van der Waals surface area contributed by atoms with Gasteiger partial charge in [0.25, 0.3) is 0 Å². The second kappa shape index (κ2) is 6.98. The van der Waals surface area contributed by atoms with Crippen molar-refractivity contribution in [1.82, 2.24) is 9.78 Å². The molecule has 0 atom stereocenters. The number of hydrogen-bond donors (Lipinski definition) is 1. The van der Waals surface area contributed by atoms with Crippen molar-refractivity contribution in [3.8, 4) is 11.5 Å². The van der Waals surface area contributed by atoms with Crippen LogP contribution in [0.2, 0.25) is 0 Å². The van der Waals surface area contributed by atoms with Gasteiger partial charge < -0.3 is 14.8 Å². The van der Waals surface area contributed by atoms with Crippen molar-refractivity contribution < 1.29 is 14.3 Å². The Kier molecular flexibility index (Phi) is 5.04. The average Bonchev–Trinajstić information content (AvgIpc) is 2.83. The van der Waals surface area contributed by atoms with Crippen LogP contribution in [0.3, 0.4) is 0 Å². The number of anilines is 1. The summed E-state index contributed by atoms with van der Waals surface area (Å²) in [6.07, 6.45) is 0.336. The largest absolute Gasteiger partial charge is 0.497 e. The summed E-state index contributed by atoms with van der Waals surface area (Å²) in [6.45, 7) is 4.45. The molecule has 6 nitrogen and oxygen atoms in total. The van der Waals surface area contributed by atoms with Crippen LogP contribution in [0.1, 0.15) is 17.8 Å². The van der Waals surface area contributed by atoms with Crippen LogP contribution in [0.5, 0.6) is 11.5 Å². The van der Waals surface area contributed by atoms with Gasteiger partial charge in [0, 0.05) is 24.7 Å². The monoisotopic (exact) mass is 303 g/mol. The lowest BCUT2D eigenvalue weighted by Crippen LogP contribution is -2.16. The third-order valence-electron chi connectivity index (χ3n) is 3.33. The highest BCUT2D eigenvalue weighted by atomic mass is 16.5. The first-order chi connectivity index (χ1) is 10.5. The summed E-state index contributed by atoms with van der Waals surface area (Å²) in [5.74, 6) is 1.16. The van der Waals surface area contributed by atoms with Crippen LogP contribution in [-0.4, -0.2) is 29.9 Å². The van der Waals surface area contributed by atoms with Crippen LogP contribution in [0.25, 0.3) is 0 Å². The van der Waals surface area contributed by atoms with E-state index in [-0.39, 0.29) is 5.91 Å². The van der Waals surface area contributed by atoms with Gasteiger partial charge in [-0.3, -0.25) is 9.48 Å². The minimum atomic E-state index is -0.0980. The lowest BCUT2D eigenvalue weighted by atomic mass is 10.2. The minimum Gasteiger partial charge on any atom is -0.497 e. The molecule has 0 saturated carbocycles. The Morgan fingerprint density at radius 3 is 2.59 bits per heavy atom. The molecule has 0 spiro atoms. The second-order valence-corrected chi connectivity index (χ2v) is 5.01. The number of carbonyl (C=O) groups is 1. The van der Waals surface area contributed by atoms with Gasteiger partial charge in [0.15, 0.2) is 0 Å². The van der Waals surface area contributed by atoms with E-state index in [4.69, 9.17) is 9.47 Å². The molecule has 118 valence electrons. The van der Waals surface area contributed by atoms with E-state index in [1.54, 1.807) is 32.4 Å². The zero-order valence-corrected chi connectivity index (χ0v) is 13.3. The Hall–Kier alpha value is -2.50. The Labute approximate surface area is 130 Å². The molecule has 0 aliphatic rings. The highest BCUT2D eigenvalue weighted by molar-refractivity contribution is 5.92. The van der Waals surface area contributed by atoms with Crippen molar-refractivity contribution in [2.75, 3.05) is 19.5 Å². The molecule has 0 fully saturated rings. The van der Waals surface area contributed by atoms with Crippen molar-refractivity contribution >= 4 is 11.6 Å². The van der Waals surface area contributed by atoms with Crippen LogP contribution in [0, 0.1) is 13.8 Å². The molecule has 6 heteroatoms. The maximum atomic E-state index is 12.1. The van der Waals surface area contributed by atoms with Gasteiger partial charge in [-0.15, -0.1) is 0 Å². The fourth-order valence-electron chi connectivity index (χ4n) is 2.23. The molecule has 22 heavy (non-hydrogen) atoms. The fraction of sp³-hybridized carbons (Fsp3) is 0.375. The Morgan fingerprint density at radius 1 is 1.23 bits per heavy atom. The number of hydrogen-bond acceptors (Lipinski definition) is 4. The Balaban J connectivity index is 2.01. The SMILES string of the molecule is COc1ccc(OC)c(NC(=O)CCn2nc(C)cc2C)c1. The molecule has 0 aliphatic carbocycles. The first-order valence-corrected chi connectivity index (χ1v) is 7.06. The normalized spacial score (nSPS) is 10.4. The van der Waals surface area contributed by atoms with Gasteiger partial charge in [0.05, 0.1) is 25.6 Å². The van der Waals surface area contributed by atoms with Crippen LogP contribution in [-0.2, 0) is 11.3 Å². The molecule has 0 unspecified atom stereocenters. The minimum absolute atomic E-state index is 0.0980. The molecular formula is C16H21N3O3. The van der Waals surface area contributed by atoms with Gasteiger partial charge in [-0.25, -0.2) is 0 Å². The van der Waals surface area contributed by atoms with Crippen molar-refractivity contribution in [2.24, 2.45) is 0 Å². The van der Waals surface area contributed by atoms with Crippen LogP contribution >= 0.6 is 0 Å². The second-order valence-electron chi connectivity index (χ2n) is 5.01. The molecule has 1 aromatic heterocycles. The average molecular weight is 303 g/mol. The van der Waals surface area contributed by atoms with Gasteiger partial charge in [0.2, 0.25) is 5.91 Å². The van der Waals surface area contributed by atoms with E-state index >= 15 is 0 Å². The lowest BCUT2D eigenvalue weighted by molar-refractivity contribution is -0.116. The van der Waals surface area contributed by atoms with Crippen LogP contribution in [0.15, 0.2) is 24.3 Å². The summed E-state index contributed by atoms with van der Waals surface area (Å²) in [4.78, 5) is 12.1. The van der Waals surface area contributed by atoms with Crippen LogP contribution in [0.4, 0.5) is 5.69 Å². The zero-order chi connectivity index (χ0) is 16.1. The summed E-state index contributed by atoms with van der Waals surface area (Å²) in [7, 11) is 3.14. The van der Waals surface area contributed by atoms with E-state index in [1.807, 2.05) is 24.6 Å². The van der Waals surface area contributed by atoms with Crippen molar-refractivity contribution in [3.05, 3.63) is 35.7 Å². The third kappa shape index (κ3) is 3.78. The predicted molar refractivity (Wildman–Crippen MR) is 84.5 cm³/mol. The van der Waals surface area contributed by atoms with Crippen molar-refractivity contribution in [2.45, 2.75) is 26.8 Å². The highest BCUT2D eigenvalue weighted by Crippen LogP contribution is 2.28. The molecule has 1 heterocycles. The number of aromatic nitrogens is 2. The Morgan fingerprint density at radius 2 is 2.00 bits per heavy atom. The standard InChI is InChI=1S/C16H21N3O3/c1-11-9-12(2)19(18-11)8-7-16(20)17-14-10-13(21-3)5-6-15(14)22-4/h5-6,9-10H,7-8H2,1-4H3,(H,17,20). The summed E-state index contributed by atoms with van der Waals surface area (Å²) in [5, 5.41) is 7.19. The van der Waals surface area contributed by atoms with Gasteiger partial charge in [0.1, 0.15) is 11.5 Å². The third-order valence-corrected chi connectivity index (χ3v) is 3.33. The van der Waals surface area contributed by atoms with Gasteiger partial charge in [-0.2, -0.15) is 5.10 Å². The van der Waals surface area contributed by atoms with E-state index in [0.29, 0.717) is 30.2 Å². The van der Waals surface area contributed by atoms with E-state index in [9.17, 15) is 4.79 Å². The van der Waals surface area contributed by atoms with Crippen molar-refractivity contribution in [3.63, 3.8) is 0 Å². The smallest absolute Gasteiger partial charge is 0.226 e. The molecule has 1 N–H and O–H groups in total. The number of carbonyl (C=O) groups excluding carboxylic acids is 1. The summed E-state index contributed by atoms with van der Waals surface area (Å²) in [6, 6.07) is 7.27. The molecule has 2 aromatic rings. The molecule has 0 saturated heterocycles. The molecule has 0 aliphatic heterocycles. The number of aryl methyl sites for hydroxylation is 3. The van der Waals surface area contributed by atoms with Gasteiger partial charge in [-0.1, -0.05) is 0 Å². The summed E-state index contributed by atoms with van der Waals surface area (Å²) >= 11 is 0. The number of nitrogens with one attached hydrogen (secondary N) is 1. The zero-order valence-electron chi connectivity index (χ0n) is 13.3. The maximum absolute atomic E-state index is 12.1. The predicted octanol–water partition coefficient (Wildman–Crippen LogP) is 2.55. The lowest BCUT2D eigenvalue weighted by Gasteiger charge is -2.12. The highest BCUT2D eigenvalue weighted by Gasteiger charge is 2.10. The van der Waals surface area contributed by atoms with Crippen molar-refractivity contribution in [1.29, 1.82) is 0 Å². The fourth-order valence-corrected chi connectivity index (χ4v) is 2.23. The number of methoxy groups -OCH3 is 2. The number of ether oxygens (including phenoxy) is 2. The molecule has 1 aromatic carbocycles.